The van der Waals surface area contributed by atoms with Crippen LogP contribution >= 0.6 is 39.7 Å². The molecule has 1 saturated heterocycles. The van der Waals surface area contributed by atoms with Crippen molar-refractivity contribution in [1.82, 2.24) is 4.90 Å². The smallest absolute Gasteiger partial charge is 0.173 e. The number of likely N-dealkylation sites (tertiary alicyclic amines) is 1. The van der Waals surface area contributed by atoms with Crippen LogP contribution in [0.15, 0.2) is 46.9 Å². The molecule has 0 spiro atoms. The maximum absolute atomic E-state index is 6.14. The average Bonchev–Trinajstić information content (AvgIpc) is 2.65. The lowest BCUT2D eigenvalue weighted by atomic mass is 9.89. The van der Waals surface area contributed by atoms with Crippen LogP contribution in [0.3, 0.4) is 0 Å². The summed E-state index contributed by atoms with van der Waals surface area (Å²) in [7, 11) is 1.73. The second kappa shape index (κ2) is 8.39. The van der Waals surface area contributed by atoms with Gasteiger partial charge in [-0.1, -0.05) is 29.8 Å². The van der Waals surface area contributed by atoms with Crippen molar-refractivity contribution in [2.24, 2.45) is 0 Å². The molecule has 1 fully saturated rings. The number of piperidine rings is 1. The third kappa shape index (κ3) is 4.46. The zero-order valence-corrected chi connectivity index (χ0v) is 17.1. The molecule has 0 atom stereocenters. The number of rotatable bonds is 3. The summed E-state index contributed by atoms with van der Waals surface area (Å²) in [5.41, 5.74) is 2.20. The number of anilines is 1. The van der Waals surface area contributed by atoms with E-state index < -0.39 is 0 Å². The number of thiocarbonyl (C=S) groups is 1. The summed E-state index contributed by atoms with van der Waals surface area (Å²) in [5, 5.41) is 4.70. The Kier molecular flexibility index (Phi) is 6.20. The van der Waals surface area contributed by atoms with Gasteiger partial charge in [0.05, 0.1) is 12.1 Å². The molecule has 1 heterocycles. The topological polar surface area (TPSA) is 24.5 Å². The van der Waals surface area contributed by atoms with Gasteiger partial charge in [-0.15, -0.1) is 0 Å². The van der Waals surface area contributed by atoms with E-state index in [1.165, 1.54) is 5.56 Å². The molecule has 6 heteroatoms. The molecule has 0 aromatic heterocycles. The van der Waals surface area contributed by atoms with Crippen LogP contribution in [-0.4, -0.2) is 30.2 Å². The van der Waals surface area contributed by atoms with Crippen molar-refractivity contribution in [3.63, 3.8) is 0 Å². The first-order valence-corrected chi connectivity index (χ1v) is 9.80. The van der Waals surface area contributed by atoms with Crippen LogP contribution < -0.4 is 10.1 Å². The number of nitrogens with one attached hydrogen (secondary N) is 1. The number of halogens is 2. The molecule has 0 unspecified atom stereocenters. The first-order chi connectivity index (χ1) is 12.1. The van der Waals surface area contributed by atoms with Crippen molar-refractivity contribution in [1.29, 1.82) is 0 Å². The van der Waals surface area contributed by atoms with E-state index in [1.54, 1.807) is 7.11 Å². The maximum atomic E-state index is 6.14. The van der Waals surface area contributed by atoms with Gasteiger partial charge >= 0.3 is 0 Å². The first kappa shape index (κ1) is 18.5. The number of hydrogen-bond donors (Lipinski definition) is 1. The molecular formula is C19H20BrClN2OS. The Balaban J connectivity index is 1.60. The standard InChI is InChI=1S/C19H20BrClN2OS/c1-24-18-5-3-2-4-15(18)13-8-10-23(11-9-13)19(25)22-14-6-7-16(20)17(21)12-14/h2-7,12-13H,8-11H2,1H3,(H,22,25). The Morgan fingerprint density at radius 3 is 2.64 bits per heavy atom. The van der Waals surface area contributed by atoms with Crippen LogP contribution in [0.2, 0.25) is 5.02 Å². The van der Waals surface area contributed by atoms with Gasteiger partial charge in [0.2, 0.25) is 0 Å². The summed E-state index contributed by atoms with van der Waals surface area (Å²) in [6.07, 6.45) is 2.12. The summed E-state index contributed by atoms with van der Waals surface area (Å²) in [5.74, 6) is 1.49. The molecular weight excluding hydrogens is 420 g/mol. The number of para-hydroxylation sites is 1. The Labute approximate surface area is 167 Å². The van der Waals surface area contributed by atoms with E-state index in [0.29, 0.717) is 10.9 Å². The lowest BCUT2D eigenvalue weighted by molar-refractivity contribution is 0.310. The fourth-order valence-corrected chi connectivity index (χ4v) is 3.90. The van der Waals surface area contributed by atoms with Gasteiger partial charge in [-0.05, 0) is 76.7 Å². The largest absolute Gasteiger partial charge is 0.496 e. The molecule has 1 N–H and O–H groups in total. The van der Waals surface area contributed by atoms with Gasteiger partial charge in [0.1, 0.15) is 5.75 Å². The average molecular weight is 440 g/mol. The molecule has 0 saturated carbocycles. The number of nitrogens with zero attached hydrogens (tertiary/aromatic N) is 1. The van der Waals surface area contributed by atoms with Crippen molar-refractivity contribution in [2.75, 3.05) is 25.5 Å². The van der Waals surface area contributed by atoms with Crippen LogP contribution in [0.5, 0.6) is 5.75 Å². The van der Waals surface area contributed by atoms with Gasteiger partial charge in [-0.2, -0.15) is 0 Å². The van der Waals surface area contributed by atoms with E-state index in [9.17, 15) is 0 Å². The molecule has 25 heavy (non-hydrogen) atoms. The highest BCUT2D eigenvalue weighted by atomic mass is 79.9. The summed E-state index contributed by atoms with van der Waals surface area (Å²) in [6, 6.07) is 14.0. The van der Waals surface area contributed by atoms with Gasteiger partial charge < -0.3 is 15.0 Å². The normalized spacial score (nSPS) is 15.1. The molecule has 0 bridgehead atoms. The van der Waals surface area contributed by atoms with E-state index >= 15 is 0 Å². The molecule has 3 nitrogen and oxygen atoms in total. The molecule has 0 radical (unpaired) electrons. The first-order valence-electron chi connectivity index (χ1n) is 8.22. The van der Waals surface area contributed by atoms with Crippen LogP contribution in [0.25, 0.3) is 0 Å². The van der Waals surface area contributed by atoms with Crippen LogP contribution in [-0.2, 0) is 0 Å². The van der Waals surface area contributed by atoms with Gasteiger partial charge in [0.25, 0.3) is 0 Å². The summed E-state index contributed by atoms with van der Waals surface area (Å²) >= 11 is 15.1. The highest BCUT2D eigenvalue weighted by Crippen LogP contribution is 2.34. The minimum Gasteiger partial charge on any atom is -0.496 e. The van der Waals surface area contributed by atoms with Crippen LogP contribution in [0.1, 0.15) is 24.3 Å². The zero-order valence-electron chi connectivity index (χ0n) is 14.0. The quantitative estimate of drug-likeness (QED) is 0.621. The third-order valence-corrected chi connectivity index (χ3v) is 6.12. The summed E-state index contributed by atoms with van der Waals surface area (Å²) < 4.78 is 6.38. The fourth-order valence-electron chi connectivity index (χ4n) is 3.17. The monoisotopic (exact) mass is 438 g/mol. The number of ether oxygens (including phenoxy) is 1. The van der Waals surface area contributed by atoms with Crippen molar-refractivity contribution in [2.45, 2.75) is 18.8 Å². The third-order valence-electron chi connectivity index (χ3n) is 4.53. The molecule has 1 aliphatic heterocycles. The van der Waals surface area contributed by atoms with Crippen molar-refractivity contribution in [3.05, 3.63) is 57.5 Å². The molecule has 0 aliphatic carbocycles. The van der Waals surface area contributed by atoms with E-state index in [2.05, 4.69) is 38.3 Å². The van der Waals surface area contributed by atoms with Gasteiger partial charge in [0.15, 0.2) is 5.11 Å². The Morgan fingerprint density at radius 2 is 1.96 bits per heavy atom. The van der Waals surface area contributed by atoms with Crippen molar-refractivity contribution in [3.8, 4) is 5.75 Å². The molecule has 0 amide bonds. The maximum Gasteiger partial charge on any atom is 0.173 e. The molecule has 2 aromatic carbocycles. The second-order valence-corrected chi connectivity index (χ2v) is 7.71. The Morgan fingerprint density at radius 1 is 1.24 bits per heavy atom. The molecule has 3 rings (SSSR count). The second-order valence-electron chi connectivity index (χ2n) is 6.06. The predicted molar refractivity (Wildman–Crippen MR) is 112 cm³/mol. The highest BCUT2D eigenvalue weighted by Gasteiger charge is 2.24. The van der Waals surface area contributed by atoms with Crippen LogP contribution in [0, 0.1) is 0 Å². The zero-order chi connectivity index (χ0) is 17.8. The van der Waals surface area contributed by atoms with Crippen molar-refractivity contribution >= 4 is 50.5 Å². The molecule has 132 valence electrons. The SMILES string of the molecule is COc1ccccc1C1CCN(C(=S)Nc2ccc(Br)c(Cl)c2)CC1. The lowest BCUT2D eigenvalue weighted by Gasteiger charge is -2.34. The van der Waals surface area contributed by atoms with Crippen molar-refractivity contribution < 1.29 is 4.74 Å². The fraction of sp³-hybridized carbons (Fsp3) is 0.316. The van der Waals surface area contributed by atoms with Crippen LogP contribution in [0.4, 0.5) is 5.69 Å². The number of methoxy groups -OCH3 is 1. The summed E-state index contributed by atoms with van der Waals surface area (Å²) in [4.78, 5) is 2.22. The Hall–Kier alpha value is -1.30. The van der Waals surface area contributed by atoms with Gasteiger partial charge in [-0.3, -0.25) is 0 Å². The number of hydrogen-bond acceptors (Lipinski definition) is 2. The van der Waals surface area contributed by atoms with E-state index in [0.717, 1.165) is 47.0 Å². The van der Waals surface area contributed by atoms with Gasteiger partial charge in [-0.25, -0.2) is 0 Å². The molecule has 2 aromatic rings. The lowest BCUT2D eigenvalue weighted by Crippen LogP contribution is -2.40. The van der Waals surface area contributed by atoms with Gasteiger partial charge in [0, 0.05) is 23.2 Å². The van der Waals surface area contributed by atoms with E-state index in [4.69, 9.17) is 28.6 Å². The minimum atomic E-state index is 0.511. The number of benzene rings is 2. The van der Waals surface area contributed by atoms with E-state index in [-0.39, 0.29) is 0 Å². The highest BCUT2D eigenvalue weighted by molar-refractivity contribution is 9.10. The predicted octanol–water partition coefficient (Wildman–Crippen LogP) is 5.69. The minimum absolute atomic E-state index is 0.511. The Bertz CT molecular complexity index is 763. The van der Waals surface area contributed by atoms with E-state index in [1.807, 2.05) is 30.3 Å². The molecule has 1 aliphatic rings. The summed E-state index contributed by atoms with van der Waals surface area (Å²) in [6.45, 7) is 1.86.